The minimum Gasteiger partial charge on any atom is -0.383 e. The van der Waals surface area contributed by atoms with Crippen LogP contribution in [-0.2, 0) is 22.5 Å². The summed E-state index contributed by atoms with van der Waals surface area (Å²) >= 11 is 0. The molecule has 1 N–H and O–H groups in total. The molecule has 1 amide bonds. The molecule has 4 heteroatoms. The van der Waals surface area contributed by atoms with E-state index in [1.807, 2.05) is 55.6 Å². The van der Waals surface area contributed by atoms with Gasteiger partial charge in [0, 0.05) is 19.7 Å². The molecule has 0 aliphatic rings. The average Bonchev–Trinajstić information content (AvgIpc) is 2.61. The average molecular weight is 326 g/mol. The third-order valence-corrected chi connectivity index (χ3v) is 4.02. The van der Waals surface area contributed by atoms with E-state index in [0.29, 0.717) is 19.7 Å². The third-order valence-electron chi connectivity index (χ3n) is 4.02. The molecule has 2 rings (SSSR count). The summed E-state index contributed by atoms with van der Waals surface area (Å²) in [5.74, 6) is 0.0236. The second-order valence-corrected chi connectivity index (χ2v) is 5.98. The van der Waals surface area contributed by atoms with Crippen molar-refractivity contribution < 1.29 is 9.53 Å². The van der Waals surface area contributed by atoms with Crippen LogP contribution in [0.25, 0.3) is 0 Å². The molecule has 0 aromatic heterocycles. The summed E-state index contributed by atoms with van der Waals surface area (Å²) in [6.07, 6.45) is 0.858. The molecule has 0 bridgehead atoms. The van der Waals surface area contributed by atoms with Crippen molar-refractivity contribution in [2.75, 3.05) is 27.3 Å². The highest BCUT2D eigenvalue weighted by molar-refractivity contribution is 5.78. The van der Waals surface area contributed by atoms with Crippen LogP contribution >= 0.6 is 0 Å². The predicted octanol–water partition coefficient (Wildman–Crippen LogP) is 2.49. The smallest absolute Gasteiger partial charge is 0.234 e. The van der Waals surface area contributed by atoms with E-state index < -0.39 is 0 Å². The largest absolute Gasteiger partial charge is 0.383 e. The quantitative estimate of drug-likeness (QED) is 0.770. The van der Waals surface area contributed by atoms with E-state index in [1.165, 1.54) is 5.56 Å². The standard InChI is InChI=1S/C20H26N2O2/c1-22(15-20(23)21-14-18-11-7-4-8-12-18)19(16-24-2)13-17-9-5-3-6-10-17/h3-12,19H,13-16H2,1-2H3,(H,21,23)/t19-/m0/s1. The molecular weight excluding hydrogens is 300 g/mol. The molecule has 0 heterocycles. The first-order chi connectivity index (χ1) is 11.7. The van der Waals surface area contributed by atoms with Gasteiger partial charge in [-0.15, -0.1) is 0 Å². The van der Waals surface area contributed by atoms with Crippen LogP contribution in [0.15, 0.2) is 60.7 Å². The lowest BCUT2D eigenvalue weighted by Crippen LogP contribution is -2.43. The SMILES string of the molecule is COC[C@H](Cc1ccccc1)N(C)CC(=O)NCc1ccccc1. The van der Waals surface area contributed by atoms with Crippen LogP contribution in [0.3, 0.4) is 0 Å². The van der Waals surface area contributed by atoms with Crippen LogP contribution in [0.4, 0.5) is 0 Å². The van der Waals surface area contributed by atoms with E-state index >= 15 is 0 Å². The van der Waals surface area contributed by atoms with Gasteiger partial charge >= 0.3 is 0 Å². The van der Waals surface area contributed by atoms with Crippen LogP contribution < -0.4 is 5.32 Å². The Kier molecular flexibility index (Phi) is 7.46. The van der Waals surface area contributed by atoms with Gasteiger partial charge < -0.3 is 10.1 Å². The van der Waals surface area contributed by atoms with Crippen LogP contribution in [0.1, 0.15) is 11.1 Å². The number of benzene rings is 2. The van der Waals surface area contributed by atoms with Crippen molar-refractivity contribution in [3.8, 4) is 0 Å². The second kappa shape index (κ2) is 9.85. The number of amides is 1. The first-order valence-electron chi connectivity index (χ1n) is 8.22. The predicted molar refractivity (Wildman–Crippen MR) is 96.7 cm³/mol. The van der Waals surface area contributed by atoms with E-state index in [0.717, 1.165) is 12.0 Å². The molecule has 0 saturated carbocycles. The van der Waals surface area contributed by atoms with Gasteiger partial charge in [0.1, 0.15) is 0 Å². The monoisotopic (exact) mass is 326 g/mol. The van der Waals surface area contributed by atoms with Crippen molar-refractivity contribution >= 4 is 5.91 Å². The number of carbonyl (C=O) groups is 1. The maximum absolute atomic E-state index is 12.2. The molecular formula is C20H26N2O2. The molecule has 1 atom stereocenters. The second-order valence-electron chi connectivity index (χ2n) is 5.98. The topological polar surface area (TPSA) is 41.6 Å². The summed E-state index contributed by atoms with van der Waals surface area (Å²) in [7, 11) is 3.66. The van der Waals surface area contributed by atoms with E-state index in [-0.39, 0.29) is 11.9 Å². The fourth-order valence-electron chi connectivity index (χ4n) is 2.63. The lowest BCUT2D eigenvalue weighted by molar-refractivity contribution is -0.122. The van der Waals surface area contributed by atoms with E-state index in [1.54, 1.807) is 7.11 Å². The lowest BCUT2D eigenvalue weighted by atomic mass is 10.1. The summed E-state index contributed by atoms with van der Waals surface area (Å²) in [4.78, 5) is 14.2. The number of methoxy groups -OCH3 is 1. The molecule has 2 aromatic carbocycles. The zero-order valence-electron chi connectivity index (χ0n) is 14.4. The molecule has 0 spiro atoms. The molecule has 0 unspecified atom stereocenters. The van der Waals surface area contributed by atoms with Crippen molar-refractivity contribution in [2.45, 2.75) is 19.0 Å². The number of likely N-dealkylation sites (N-methyl/N-ethyl adjacent to an activating group) is 1. The number of ether oxygens (including phenoxy) is 1. The number of carbonyl (C=O) groups excluding carboxylic acids is 1. The Morgan fingerprint density at radius 3 is 2.21 bits per heavy atom. The number of nitrogens with one attached hydrogen (secondary N) is 1. The van der Waals surface area contributed by atoms with Gasteiger partial charge in [-0.05, 0) is 24.6 Å². The number of rotatable bonds is 9. The molecule has 128 valence electrons. The van der Waals surface area contributed by atoms with E-state index in [2.05, 4.69) is 22.3 Å². The summed E-state index contributed by atoms with van der Waals surface area (Å²) in [6.45, 7) is 1.51. The maximum Gasteiger partial charge on any atom is 0.234 e. The van der Waals surface area contributed by atoms with Gasteiger partial charge in [0.25, 0.3) is 0 Å². The molecule has 24 heavy (non-hydrogen) atoms. The fraction of sp³-hybridized carbons (Fsp3) is 0.350. The molecule has 4 nitrogen and oxygen atoms in total. The molecule has 0 aliphatic carbocycles. The molecule has 0 fully saturated rings. The fourth-order valence-corrected chi connectivity index (χ4v) is 2.63. The first kappa shape index (κ1) is 18.2. The van der Waals surface area contributed by atoms with Gasteiger partial charge in [-0.3, -0.25) is 9.69 Å². The molecule has 0 saturated heterocycles. The van der Waals surface area contributed by atoms with Crippen molar-refractivity contribution in [3.63, 3.8) is 0 Å². The van der Waals surface area contributed by atoms with Gasteiger partial charge in [-0.2, -0.15) is 0 Å². The van der Waals surface area contributed by atoms with Gasteiger partial charge in [0.15, 0.2) is 0 Å². The van der Waals surface area contributed by atoms with Crippen LogP contribution in [0.2, 0.25) is 0 Å². The minimum atomic E-state index is 0.0236. The van der Waals surface area contributed by atoms with Gasteiger partial charge in [-0.25, -0.2) is 0 Å². The Morgan fingerprint density at radius 1 is 1.04 bits per heavy atom. The maximum atomic E-state index is 12.2. The normalized spacial score (nSPS) is 12.1. The summed E-state index contributed by atoms with van der Waals surface area (Å²) in [5, 5.41) is 2.97. The minimum absolute atomic E-state index is 0.0236. The van der Waals surface area contributed by atoms with Crippen molar-refractivity contribution in [1.29, 1.82) is 0 Å². The van der Waals surface area contributed by atoms with Crippen LogP contribution in [-0.4, -0.2) is 44.2 Å². The van der Waals surface area contributed by atoms with Gasteiger partial charge in [0.2, 0.25) is 5.91 Å². The first-order valence-corrected chi connectivity index (χ1v) is 8.22. The van der Waals surface area contributed by atoms with Crippen LogP contribution in [0, 0.1) is 0 Å². The van der Waals surface area contributed by atoms with Crippen molar-refractivity contribution in [2.24, 2.45) is 0 Å². The number of hydrogen-bond acceptors (Lipinski definition) is 3. The highest BCUT2D eigenvalue weighted by Gasteiger charge is 2.17. The summed E-state index contributed by atoms with van der Waals surface area (Å²) in [6, 6.07) is 20.4. The number of hydrogen-bond donors (Lipinski definition) is 1. The van der Waals surface area contributed by atoms with Gasteiger partial charge in [0.05, 0.1) is 13.2 Å². The Hall–Kier alpha value is -2.17. The highest BCUT2D eigenvalue weighted by Crippen LogP contribution is 2.08. The van der Waals surface area contributed by atoms with E-state index in [4.69, 9.17) is 4.74 Å². The highest BCUT2D eigenvalue weighted by atomic mass is 16.5. The third kappa shape index (κ3) is 6.14. The Balaban J connectivity index is 1.84. The molecule has 0 radical (unpaired) electrons. The lowest BCUT2D eigenvalue weighted by Gasteiger charge is -2.27. The van der Waals surface area contributed by atoms with Crippen molar-refractivity contribution in [1.82, 2.24) is 10.2 Å². The molecule has 0 aliphatic heterocycles. The Bertz CT molecular complexity index is 602. The van der Waals surface area contributed by atoms with Crippen molar-refractivity contribution in [3.05, 3.63) is 71.8 Å². The molecule has 2 aromatic rings. The Morgan fingerprint density at radius 2 is 1.62 bits per heavy atom. The van der Waals surface area contributed by atoms with E-state index in [9.17, 15) is 4.79 Å². The summed E-state index contributed by atoms with van der Waals surface area (Å²) in [5.41, 5.74) is 2.35. The summed E-state index contributed by atoms with van der Waals surface area (Å²) < 4.78 is 5.33. The van der Waals surface area contributed by atoms with Gasteiger partial charge in [-0.1, -0.05) is 60.7 Å². The van der Waals surface area contributed by atoms with Crippen LogP contribution in [0.5, 0.6) is 0 Å². The zero-order valence-corrected chi connectivity index (χ0v) is 14.4. The number of nitrogens with zero attached hydrogens (tertiary/aromatic N) is 1. The zero-order chi connectivity index (χ0) is 17.2. The Labute approximate surface area is 144 Å².